The Bertz CT molecular complexity index is 403. The molecule has 0 radical (unpaired) electrons. The van der Waals surface area contributed by atoms with Crippen molar-refractivity contribution < 1.29 is 4.39 Å². The van der Waals surface area contributed by atoms with Crippen LogP contribution in [0.5, 0.6) is 0 Å². The molecule has 0 heterocycles. The monoisotopic (exact) mass is 218 g/mol. The molecule has 0 aromatic heterocycles. The van der Waals surface area contributed by atoms with Crippen LogP contribution in [0.25, 0.3) is 0 Å². The summed E-state index contributed by atoms with van der Waals surface area (Å²) in [5.74, 6) is -0.441. The lowest BCUT2D eigenvalue weighted by molar-refractivity contribution is 0.462. The van der Waals surface area contributed by atoms with Crippen LogP contribution < -0.4 is 5.32 Å². The Morgan fingerprint density at radius 3 is 2.69 bits per heavy atom. The maximum Gasteiger partial charge on any atom is 0.143 e. The van der Waals surface area contributed by atoms with Crippen LogP contribution in [0.15, 0.2) is 18.2 Å². The quantitative estimate of drug-likeness (QED) is 0.825. The highest BCUT2D eigenvalue weighted by molar-refractivity contribution is 5.58. The fourth-order valence-corrected chi connectivity index (χ4v) is 2.22. The lowest BCUT2D eigenvalue weighted by Gasteiger charge is -2.24. The number of benzene rings is 1. The number of hydrogen-bond acceptors (Lipinski definition) is 2. The van der Waals surface area contributed by atoms with Gasteiger partial charge in [0, 0.05) is 6.04 Å². The average Bonchev–Trinajstić information content (AvgIpc) is 2.31. The Kier molecular flexibility index (Phi) is 3.40. The van der Waals surface area contributed by atoms with Crippen molar-refractivity contribution in [3.8, 4) is 6.07 Å². The van der Waals surface area contributed by atoms with E-state index in [9.17, 15) is 4.39 Å². The van der Waals surface area contributed by atoms with Crippen molar-refractivity contribution in [3.63, 3.8) is 0 Å². The van der Waals surface area contributed by atoms with Gasteiger partial charge in [0.05, 0.1) is 5.69 Å². The third-order valence-corrected chi connectivity index (χ3v) is 3.09. The van der Waals surface area contributed by atoms with Crippen LogP contribution in [0.3, 0.4) is 0 Å². The van der Waals surface area contributed by atoms with Crippen molar-refractivity contribution in [1.82, 2.24) is 0 Å². The minimum Gasteiger partial charge on any atom is -0.381 e. The summed E-state index contributed by atoms with van der Waals surface area (Å²) in [4.78, 5) is 0. The first kappa shape index (κ1) is 10.9. The maximum atomic E-state index is 13.3. The van der Waals surface area contributed by atoms with E-state index in [1.165, 1.54) is 25.3 Å². The SMILES string of the molecule is N#Cc1c(F)cccc1NC1CCCCC1. The van der Waals surface area contributed by atoms with Gasteiger partial charge in [-0.15, -0.1) is 0 Å². The summed E-state index contributed by atoms with van der Waals surface area (Å²) in [6.07, 6.45) is 5.94. The van der Waals surface area contributed by atoms with Crippen molar-refractivity contribution in [2.24, 2.45) is 0 Å². The zero-order valence-electron chi connectivity index (χ0n) is 9.17. The zero-order valence-corrected chi connectivity index (χ0v) is 9.17. The maximum absolute atomic E-state index is 13.3. The number of hydrogen-bond donors (Lipinski definition) is 1. The van der Waals surface area contributed by atoms with Crippen molar-refractivity contribution >= 4 is 5.69 Å². The molecule has 84 valence electrons. The lowest BCUT2D eigenvalue weighted by Crippen LogP contribution is -2.22. The topological polar surface area (TPSA) is 35.8 Å². The fraction of sp³-hybridized carbons (Fsp3) is 0.462. The minimum absolute atomic E-state index is 0.132. The number of nitrogens with zero attached hydrogens (tertiary/aromatic N) is 1. The van der Waals surface area contributed by atoms with Crippen LogP contribution >= 0.6 is 0 Å². The Hall–Kier alpha value is -1.56. The van der Waals surface area contributed by atoms with Gasteiger partial charge in [0.15, 0.2) is 0 Å². The highest BCUT2D eigenvalue weighted by Gasteiger charge is 2.15. The Labute approximate surface area is 95.1 Å². The molecule has 1 aromatic carbocycles. The van der Waals surface area contributed by atoms with Gasteiger partial charge in [0.1, 0.15) is 17.4 Å². The predicted octanol–water partition coefficient (Wildman–Crippen LogP) is 3.44. The third kappa shape index (κ3) is 2.33. The van der Waals surface area contributed by atoms with Gasteiger partial charge in [-0.1, -0.05) is 25.3 Å². The lowest BCUT2D eigenvalue weighted by atomic mass is 9.95. The third-order valence-electron chi connectivity index (χ3n) is 3.09. The van der Waals surface area contributed by atoms with Gasteiger partial charge >= 0.3 is 0 Å². The molecule has 1 aliphatic carbocycles. The second-order valence-corrected chi connectivity index (χ2v) is 4.25. The van der Waals surface area contributed by atoms with E-state index in [1.54, 1.807) is 12.1 Å². The van der Waals surface area contributed by atoms with E-state index in [-0.39, 0.29) is 5.56 Å². The van der Waals surface area contributed by atoms with E-state index in [2.05, 4.69) is 5.32 Å². The summed E-state index contributed by atoms with van der Waals surface area (Å²) < 4.78 is 13.3. The molecule has 3 heteroatoms. The van der Waals surface area contributed by atoms with Gasteiger partial charge in [-0.2, -0.15) is 5.26 Å². The van der Waals surface area contributed by atoms with E-state index in [0.717, 1.165) is 12.8 Å². The second-order valence-electron chi connectivity index (χ2n) is 4.25. The Morgan fingerprint density at radius 1 is 1.25 bits per heavy atom. The summed E-state index contributed by atoms with van der Waals surface area (Å²) in [6, 6.07) is 7.05. The van der Waals surface area contributed by atoms with E-state index >= 15 is 0 Å². The first-order chi connectivity index (χ1) is 7.81. The molecular formula is C13H15FN2. The molecule has 0 atom stereocenters. The van der Waals surface area contributed by atoms with Crippen molar-refractivity contribution in [2.45, 2.75) is 38.1 Å². The van der Waals surface area contributed by atoms with Crippen LogP contribution in [0, 0.1) is 17.1 Å². The Morgan fingerprint density at radius 2 is 2.00 bits per heavy atom. The van der Waals surface area contributed by atoms with Crippen molar-refractivity contribution in [1.29, 1.82) is 5.26 Å². The molecule has 0 saturated heterocycles. The van der Waals surface area contributed by atoms with Crippen molar-refractivity contribution in [2.75, 3.05) is 5.32 Å². The van der Waals surface area contributed by atoms with Crippen molar-refractivity contribution in [3.05, 3.63) is 29.6 Å². The summed E-state index contributed by atoms with van der Waals surface area (Å²) in [5.41, 5.74) is 0.766. The van der Waals surface area contributed by atoms with Gasteiger partial charge in [-0.05, 0) is 25.0 Å². The van der Waals surface area contributed by atoms with Gasteiger partial charge in [-0.3, -0.25) is 0 Å². The Balaban J connectivity index is 2.14. The molecule has 2 nitrogen and oxygen atoms in total. The summed E-state index contributed by atoms with van der Waals surface area (Å²) in [5, 5.41) is 12.2. The molecule has 0 amide bonds. The standard InChI is InChI=1S/C13H15FN2/c14-12-7-4-8-13(11(12)9-15)16-10-5-2-1-3-6-10/h4,7-8,10,16H,1-3,5-6H2. The zero-order chi connectivity index (χ0) is 11.4. The second kappa shape index (κ2) is 4.98. The van der Waals surface area contributed by atoms with Crippen LogP contribution in [-0.2, 0) is 0 Å². The first-order valence-corrected chi connectivity index (χ1v) is 5.76. The minimum atomic E-state index is -0.441. The molecule has 1 aromatic rings. The normalized spacial score (nSPS) is 16.8. The molecule has 16 heavy (non-hydrogen) atoms. The molecule has 2 rings (SSSR count). The number of rotatable bonds is 2. The van der Waals surface area contributed by atoms with Gasteiger partial charge in [0.2, 0.25) is 0 Å². The van der Waals surface area contributed by atoms with E-state index < -0.39 is 5.82 Å². The first-order valence-electron chi connectivity index (χ1n) is 5.76. The largest absolute Gasteiger partial charge is 0.381 e. The van der Waals surface area contributed by atoms with Crippen LogP contribution in [-0.4, -0.2) is 6.04 Å². The molecule has 0 spiro atoms. The molecule has 0 aliphatic heterocycles. The smallest absolute Gasteiger partial charge is 0.143 e. The van der Waals surface area contributed by atoms with Crippen LogP contribution in [0.4, 0.5) is 10.1 Å². The van der Waals surface area contributed by atoms with Gasteiger partial charge in [-0.25, -0.2) is 4.39 Å². The number of nitriles is 1. The highest BCUT2D eigenvalue weighted by Crippen LogP contribution is 2.24. The summed E-state index contributed by atoms with van der Waals surface area (Å²) >= 11 is 0. The van der Waals surface area contributed by atoms with Crippen LogP contribution in [0.2, 0.25) is 0 Å². The van der Waals surface area contributed by atoms with E-state index in [0.29, 0.717) is 11.7 Å². The molecule has 0 unspecified atom stereocenters. The number of nitrogens with one attached hydrogen (secondary N) is 1. The number of halogens is 1. The molecule has 1 aliphatic rings. The summed E-state index contributed by atoms with van der Waals surface area (Å²) in [6.45, 7) is 0. The molecule has 1 fully saturated rings. The molecule has 1 saturated carbocycles. The van der Waals surface area contributed by atoms with Gasteiger partial charge in [0.25, 0.3) is 0 Å². The average molecular weight is 218 g/mol. The fourth-order valence-electron chi connectivity index (χ4n) is 2.22. The van der Waals surface area contributed by atoms with Gasteiger partial charge < -0.3 is 5.32 Å². The van der Waals surface area contributed by atoms with Crippen LogP contribution in [0.1, 0.15) is 37.7 Å². The molecular weight excluding hydrogens is 203 g/mol. The predicted molar refractivity (Wildman–Crippen MR) is 61.6 cm³/mol. The van der Waals surface area contributed by atoms with E-state index in [1.807, 2.05) is 6.07 Å². The number of anilines is 1. The highest BCUT2D eigenvalue weighted by atomic mass is 19.1. The van der Waals surface area contributed by atoms with E-state index in [4.69, 9.17) is 5.26 Å². The summed E-state index contributed by atoms with van der Waals surface area (Å²) in [7, 11) is 0. The molecule has 1 N–H and O–H groups in total. The molecule has 0 bridgehead atoms.